The predicted octanol–water partition coefficient (Wildman–Crippen LogP) is 6.73. The lowest BCUT2D eigenvalue weighted by Gasteiger charge is -2.22. The molecule has 0 bridgehead atoms. The SMILES string of the molecule is Cc1cc(C)cc(-c2ccc3cc([Si](C)(C)C)c(-c4ccccc4)cc3n2)c1. The van der Waals surface area contributed by atoms with Crippen LogP contribution in [0.25, 0.3) is 33.3 Å². The summed E-state index contributed by atoms with van der Waals surface area (Å²) in [5.41, 5.74) is 8.45. The molecule has 0 spiro atoms. The van der Waals surface area contributed by atoms with Crippen LogP contribution < -0.4 is 5.19 Å². The van der Waals surface area contributed by atoms with Crippen molar-refractivity contribution in [3.05, 3.63) is 83.9 Å². The van der Waals surface area contributed by atoms with Gasteiger partial charge in [0, 0.05) is 10.9 Å². The van der Waals surface area contributed by atoms with Crippen molar-refractivity contribution in [3.63, 3.8) is 0 Å². The van der Waals surface area contributed by atoms with Gasteiger partial charge in [0.05, 0.1) is 19.3 Å². The molecule has 0 amide bonds. The Morgan fingerprint density at radius 1 is 0.679 bits per heavy atom. The van der Waals surface area contributed by atoms with E-state index in [4.69, 9.17) is 4.98 Å². The van der Waals surface area contributed by atoms with Crippen LogP contribution in [0.3, 0.4) is 0 Å². The summed E-state index contributed by atoms with van der Waals surface area (Å²) in [5, 5.41) is 2.72. The molecule has 28 heavy (non-hydrogen) atoms. The van der Waals surface area contributed by atoms with Gasteiger partial charge in [-0.3, -0.25) is 0 Å². The van der Waals surface area contributed by atoms with Gasteiger partial charge in [-0.1, -0.05) is 84.5 Å². The number of hydrogen-bond donors (Lipinski definition) is 0. The minimum absolute atomic E-state index is 1.04. The zero-order valence-electron chi connectivity index (χ0n) is 17.4. The molecule has 0 aliphatic rings. The van der Waals surface area contributed by atoms with Gasteiger partial charge in [0.25, 0.3) is 0 Å². The van der Waals surface area contributed by atoms with Crippen molar-refractivity contribution in [2.45, 2.75) is 33.5 Å². The molecule has 140 valence electrons. The monoisotopic (exact) mass is 381 g/mol. The van der Waals surface area contributed by atoms with Gasteiger partial charge in [0.2, 0.25) is 0 Å². The highest BCUT2D eigenvalue weighted by Crippen LogP contribution is 2.28. The summed E-state index contributed by atoms with van der Waals surface area (Å²) in [7, 11) is -1.50. The lowest BCUT2D eigenvalue weighted by atomic mass is 10.0. The van der Waals surface area contributed by atoms with Gasteiger partial charge in [-0.05, 0) is 49.2 Å². The molecule has 4 aromatic rings. The summed E-state index contributed by atoms with van der Waals surface area (Å²) < 4.78 is 0. The predicted molar refractivity (Wildman–Crippen MR) is 125 cm³/mol. The van der Waals surface area contributed by atoms with Crippen molar-refractivity contribution in [2.75, 3.05) is 0 Å². The van der Waals surface area contributed by atoms with E-state index in [1.54, 1.807) is 0 Å². The number of nitrogens with zero attached hydrogens (tertiary/aromatic N) is 1. The van der Waals surface area contributed by atoms with E-state index in [1.165, 1.54) is 38.4 Å². The first-order chi connectivity index (χ1) is 13.3. The molecule has 2 heteroatoms. The molecular weight excluding hydrogens is 354 g/mol. The van der Waals surface area contributed by atoms with Crippen LogP contribution in [-0.4, -0.2) is 13.1 Å². The average molecular weight is 382 g/mol. The van der Waals surface area contributed by atoms with Crippen LogP contribution in [0.1, 0.15) is 11.1 Å². The Labute approximate surface area is 169 Å². The summed E-state index contributed by atoms with van der Waals surface area (Å²) in [6, 6.07) is 26.4. The van der Waals surface area contributed by atoms with Crippen LogP contribution in [0.2, 0.25) is 19.6 Å². The van der Waals surface area contributed by atoms with Gasteiger partial charge in [-0.15, -0.1) is 0 Å². The zero-order valence-corrected chi connectivity index (χ0v) is 18.4. The molecule has 0 N–H and O–H groups in total. The van der Waals surface area contributed by atoms with Crippen LogP contribution in [0.4, 0.5) is 0 Å². The molecule has 0 saturated heterocycles. The van der Waals surface area contributed by atoms with Gasteiger partial charge < -0.3 is 0 Å². The molecule has 4 rings (SSSR count). The number of fused-ring (bicyclic) bond motifs is 1. The smallest absolute Gasteiger partial charge is 0.0784 e. The second-order valence-electron chi connectivity index (χ2n) is 8.78. The van der Waals surface area contributed by atoms with Crippen molar-refractivity contribution in [1.82, 2.24) is 4.98 Å². The van der Waals surface area contributed by atoms with E-state index < -0.39 is 8.07 Å². The Kier molecular flexibility index (Phi) is 4.68. The van der Waals surface area contributed by atoms with Crippen LogP contribution in [0.15, 0.2) is 72.8 Å². The molecule has 1 nitrogen and oxygen atoms in total. The van der Waals surface area contributed by atoms with E-state index in [0.717, 1.165) is 11.2 Å². The van der Waals surface area contributed by atoms with Crippen molar-refractivity contribution in [1.29, 1.82) is 0 Å². The molecule has 0 aliphatic carbocycles. The third kappa shape index (κ3) is 3.65. The maximum Gasteiger partial charge on any atom is 0.0784 e. The normalized spacial score (nSPS) is 11.8. The van der Waals surface area contributed by atoms with E-state index in [1.807, 2.05) is 0 Å². The Balaban J connectivity index is 1.94. The minimum Gasteiger partial charge on any atom is -0.248 e. The summed E-state index contributed by atoms with van der Waals surface area (Å²) in [4.78, 5) is 5.05. The van der Waals surface area contributed by atoms with Crippen LogP contribution in [0.5, 0.6) is 0 Å². The van der Waals surface area contributed by atoms with Gasteiger partial charge in [-0.2, -0.15) is 0 Å². The number of rotatable bonds is 3. The summed E-state index contributed by atoms with van der Waals surface area (Å²) in [6.45, 7) is 11.5. The van der Waals surface area contributed by atoms with Crippen molar-refractivity contribution >= 4 is 24.2 Å². The highest BCUT2D eigenvalue weighted by atomic mass is 28.3. The second-order valence-corrected chi connectivity index (χ2v) is 13.8. The van der Waals surface area contributed by atoms with Gasteiger partial charge in [-0.25, -0.2) is 4.98 Å². The fraction of sp³-hybridized carbons (Fsp3) is 0.192. The van der Waals surface area contributed by atoms with Crippen LogP contribution in [0, 0.1) is 13.8 Å². The fourth-order valence-electron chi connectivity index (χ4n) is 3.93. The molecule has 0 unspecified atom stereocenters. The molecule has 0 saturated carbocycles. The van der Waals surface area contributed by atoms with Gasteiger partial charge in [0.15, 0.2) is 0 Å². The highest BCUT2D eigenvalue weighted by molar-refractivity contribution is 6.89. The third-order valence-corrected chi connectivity index (χ3v) is 7.27. The number of hydrogen-bond acceptors (Lipinski definition) is 1. The molecule has 0 aliphatic heterocycles. The van der Waals surface area contributed by atoms with Crippen LogP contribution in [-0.2, 0) is 0 Å². The highest BCUT2D eigenvalue weighted by Gasteiger charge is 2.22. The Morgan fingerprint density at radius 3 is 2.00 bits per heavy atom. The maximum atomic E-state index is 5.05. The molecule has 1 heterocycles. The largest absolute Gasteiger partial charge is 0.248 e. The number of aryl methyl sites for hydroxylation is 2. The summed E-state index contributed by atoms with van der Waals surface area (Å²) >= 11 is 0. The lowest BCUT2D eigenvalue weighted by molar-refractivity contribution is 1.34. The van der Waals surface area contributed by atoms with Crippen molar-refractivity contribution in [2.24, 2.45) is 0 Å². The molecule has 3 aromatic carbocycles. The van der Waals surface area contributed by atoms with E-state index in [2.05, 4.69) is 106 Å². The maximum absolute atomic E-state index is 5.05. The fourth-order valence-corrected chi connectivity index (χ4v) is 5.54. The molecular formula is C26H27NSi. The Morgan fingerprint density at radius 2 is 1.36 bits per heavy atom. The number of benzene rings is 3. The topological polar surface area (TPSA) is 12.9 Å². The molecule has 0 radical (unpaired) electrons. The Hall–Kier alpha value is -2.71. The van der Waals surface area contributed by atoms with Crippen molar-refractivity contribution < 1.29 is 0 Å². The van der Waals surface area contributed by atoms with Gasteiger partial charge >= 0.3 is 0 Å². The first kappa shape index (κ1) is 18.6. The standard InChI is InChI=1S/C26H27NSi/c1-18-13-19(2)15-22(14-18)24-12-11-21-16-26(28(3,4)5)23(17-25(21)27-24)20-9-7-6-8-10-20/h6-17H,1-5H3. The first-order valence-corrected chi connectivity index (χ1v) is 13.4. The Bertz CT molecular complexity index is 1130. The van der Waals surface area contributed by atoms with Gasteiger partial charge in [0.1, 0.15) is 0 Å². The van der Waals surface area contributed by atoms with Crippen molar-refractivity contribution in [3.8, 4) is 22.4 Å². The summed E-state index contributed by atoms with van der Waals surface area (Å²) in [6.07, 6.45) is 0. The van der Waals surface area contributed by atoms with E-state index >= 15 is 0 Å². The number of aromatic nitrogens is 1. The van der Waals surface area contributed by atoms with E-state index in [9.17, 15) is 0 Å². The molecule has 0 fully saturated rings. The lowest BCUT2D eigenvalue weighted by Crippen LogP contribution is -2.39. The van der Waals surface area contributed by atoms with E-state index in [-0.39, 0.29) is 0 Å². The van der Waals surface area contributed by atoms with E-state index in [0.29, 0.717) is 0 Å². The third-order valence-electron chi connectivity index (χ3n) is 5.24. The minimum atomic E-state index is -1.50. The van der Waals surface area contributed by atoms with Crippen LogP contribution >= 0.6 is 0 Å². The quantitative estimate of drug-likeness (QED) is 0.358. The zero-order chi connectivity index (χ0) is 19.9. The average Bonchev–Trinajstić information content (AvgIpc) is 2.66. The summed E-state index contributed by atoms with van der Waals surface area (Å²) in [5.74, 6) is 0. The first-order valence-electron chi connectivity index (χ1n) is 9.91. The molecule has 1 aromatic heterocycles. The molecule has 0 atom stereocenters. The second kappa shape index (κ2) is 7.03. The number of pyridine rings is 1.